The van der Waals surface area contributed by atoms with Crippen LogP contribution in [0.3, 0.4) is 0 Å². The van der Waals surface area contributed by atoms with Gasteiger partial charge in [-0.15, -0.1) is 0 Å². The van der Waals surface area contributed by atoms with Gasteiger partial charge in [0, 0.05) is 13.2 Å². The second-order valence-electron chi connectivity index (χ2n) is 3.77. The Labute approximate surface area is 82.8 Å². The van der Waals surface area contributed by atoms with Gasteiger partial charge in [0.1, 0.15) is 0 Å². The summed E-state index contributed by atoms with van der Waals surface area (Å²) >= 11 is 0. The predicted octanol–water partition coefficient (Wildman–Crippen LogP) is 2.57. The third-order valence-corrected chi connectivity index (χ3v) is 3.06. The summed E-state index contributed by atoms with van der Waals surface area (Å²) in [7, 11) is 0. The van der Waals surface area contributed by atoms with Crippen molar-refractivity contribution in [3.05, 3.63) is 0 Å². The Morgan fingerprint density at radius 2 is 1.69 bits per heavy atom. The minimum absolute atomic E-state index is 0.327. The fourth-order valence-corrected chi connectivity index (χ4v) is 1.53. The zero-order valence-electron chi connectivity index (χ0n) is 9.44. The summed E-state index contributed by atoms with van der Waals surface area (Å²) in [6, 6.07) is 0. The summed E-state index contributed by atoms with van der Waals surface area (Å²) in [6.45, 7) is 9.11. The van der Waals surface area contributed by atoms with Crippen molar-refractivity contribution in [3.8, 4) is 0 Å². The Morgan fingerprint density at radius 1 is 1.08 bits per heavy atom. The molecule has 0 radical (unpaired) electrons. The van der Waals surface area contributed by atoms with E-state index in [4.69, 9.17) is 10.5 Å². The van der Waals surface area contributed by atoms with Crippen LogP contribution in [0.4, 0.5) is 0 Å². The van der Waals surface area contributed by atoms with E-state index in [2.05, 4.69) is 20.8 Å². The smallest absolute Gasteiger partial charge is 0.0471 e. The molecule has 0 aromatic heterocycles. The highest BCUT2D eigenvalue weighted by Crippen LogP contribution is 2.28. The molecule has 0 aliphatic heterocycles. The minimum Gasteiger partial charge on any atom is -0.381 e. The van der Waals surface area contributed by atoms with Gasteiger partial charge in [0.25, 0.3) is 0 Å². The summed E-state index contributed by atoms with van der Waals surface area (Å²) in [4.78, 5) is 0. The van der Waals surface area contributed by atoms with Crippen LogP contribution in [-0.2, 0) is 4.74 Å². The molecule has 2 N–H and O–H groups in total. The highest BCUT2D eigenvalue weighted by Gasteiger charge is 2.23. The first-order chi connectivity index (χ1) is 6.24. The average Bonchev–Trinajstić information content (AvgIpc) is 2.20. The topological polar surface area (TPSA) is 35.2 Å². The molecule has 0 rings (SSSR count). The van der Waals surface area contributed by atoms with E-state index in [1.807, 2.05) is 0 Å². The quantitative estimate of drug-likeness (QED) is 0.593. The molecule has 0 heterocycles. The Balaban J connectivity index is 3.68. The van der Waals surface area contributed by atoms with Gasteiger partial charge in [-0.05, 0) is 37.6 Å². The Hall–Kier alpha value is -0.0800. The standard InChI is InChI=1S/C11H25NO/c1-4-8-13-9-7-11(5-2,6-3)10-12/h4-10,12H2,1-3H3. The summed E-state index contributed by atoms with van der Waals surface area (Å²) < 4.78 is 5.49. The van der Waals surface area contributed by atoms with Crippen LogP contribution in [0.15, 0.2) is 0 Å². The second-order valence-corrected chi connectivity index (χ2v) is 3.77. The van der Waals surface area contributed by atoms with Crippen LogP contribution in [0.2, 0.25) is 0 Å². The maximum Gasteiger partial charge on any atom is 0.0471 e. The first-order valence-corrected chi connectivity index (χ1v) is 5.52. The maximum absolute atomic E-state index is 5.79. The molecule has 0 aliphatic rings. The van der Waals surface area contributed by atoms with Crippen LogP contribution in [0.25, 0.3) is 0 Å². The summed E-state index contributed by atoms with van der Waals surface area (Å²) in [5.41, 5.74) is 6.12. The van der Waals surface area contributed by atoms with Gasteiger partial charge < -0.3 is 10.5 Å². The van der Waals surface area contributed by atoms with Crippen LogP contribution >= 0.6 is 0 Å². The van der Waals surface area contributed by atoms with E-state index in [-0.39, 0.29) is 0 Å². The van der Waals surface area contributed by atoms with E-state index in [1.165, 1.54) is 0 Å². The molecule has 0 atom stereocenters. The van der Waals surface area contributed by atoms with E-state index >= 15 is 0 Å². The predicted molar refractivity (Wildman–Crippen MR) is 57.8 cm³/mol. The largest absolute Gasteiger partial charge is 0.381 e. The fraction of sp³-hybridized carbons (Fsp3) is 1.00. The first-order valence-electron chi connectivity index (χ1n) is 5.52. The van der Waals surface area contributed by atoms with Crippen molar-refractivity contribution in [2.45, 2.75) is 46.5 Å². The Kier molecular flexibility index (Phi) is 7.29. The molecule has 0 bridgehead atoms. The van der Waals surface area contributed by atoms with Crippen LogP contribution in [0, 0.1) is 5.41 Å². The third-order valence-electron chi connectivity index (χ3n) is 3.06. The minimum atomic E-state index is 0.327. The van der Waals surface area contributed by atoms with Crippen molar-refractivity contribution >= 4 is 0 Å². The van der Waals surface area contributed by atoms with E-state index in [0.29, 0.717) is 5.41 Å². The van der Waals surface area contributed by atoms with Gasteiger partial charge in [-0.3, -0.25) is 0 Å². The molecule has 0 fully saturated rings. The summed E-state index contributed by atoms with van der Waals surface area (Å²) in [5, 5.41) is 0. The van der Waals surface area contributed by atoms with Crippen molar-refractivity contribution in [3.63, 3.8) is 0 Å². The van der Waals surface area contributed by atoms with Crippen LogP contribution in [-0.4, -0.2) is 19.8 Å². The lowest BCUT2D eigenvalue weighted by Crippen LogP contribution is -2.30. The van der Waals surface area contributed by atoms with Gasteiger partial charge in [0.05, 0.1) is 0 Å². The van der Waals surface area contributed by atoms with E-state index < -0.39 is 0 Å². The van der Waals surface area contributed by atoms with Gasteiger partial charge in [-0.2, -0.15) is 0 Å². The number of hydrogen-bond acceptors (Lipinski definition) is 2. The molecule has 0 saturated carbocycles. The van der Waals surface area contributed by atoms with Gasteiger partial charge in [-0.25, -0.2) is 0 Å². The van der Waals surface area contributed by atoms with Gasteiger partial charge in [0.2, 0.25) is 0 Å². The number of nitrogens with two attached hydrogens (primary N) is 1. The normalized spacial score (nSPS) is 12.0. The van der Waals surface area contributed by atoms with Crippen molar-refractivity contribution in [1.29, 1.82) is 0 Å². The highest BCUT2D eigenvalue weighted by atomic mass is 16.5. The average molecular weight is 187 g/mol. The molecule has 0 aliphatic carbocycles. The van der Waals surface area contributed by atoms with Crippen LogP contribution in [0.1, 0.15) is 46.5 Å². The molecule has 2 heteroatoms. The number of hydrogen-bond donors (Lipinski definition) is 1. The molecule has 0 aromatic carbocycles. The van der Waals surface area contributed by atoms with Crippen LogP contribution < -0.4 is 5.73 Å². The molecule has 13 heavy (non-hydrogen) atoms. The van der Waals surface area contributed by atoms with Crippen molar-refractivity contribution in [2.75, 3.05) is 19.8 Å². The van der Waals surface area contributed by atoms with Crippen molar-refractivity contribution in [2.24, 2.45) is 11.1 Å². The zero-order valence-corrected chi connectivity index (χ0v) is 9.44. The molecule has 0 aromatic rings. The third kappa shape index (κ3) is 4.63. The lowest BCUT2D eigenvalue weighted by Gasteiger charge is -2.29. The highest BCUT2D eigenvalue weighted by molar-refractivity contribution is 4.77. The van der Waals surface area contributed by atoms with E-state index in [0.717, 1.165) is 45.4 Å². The summed E-state index contributed by atoms with van der Waals surface area (Å²) in [5.74, 6) is 0. The van der Waals surface area contributed by atoms with Gasteiger partial charge in [-0.1, -0.05) is 20.8 Å². The monoisotopic (exact) mass is 187 g/mol. The molecule has 0 spiro atoms. The second kappa shape index (κ2) is 7.34. The molecule has 0 unspecified atom stereocenters. The summed E-state index contributed by atoms with van der Waals surface area (Å²) in [6.07, 6.45) is 4.54. The molecule has 2 nitrogen and oxygen atoms in total. The molecular weight excluding hydrogens is 162 g/mol. The number of ether oxygens (including phenoxy) is 1. The van der Waals surface area contributed by atoms with Gasteiger partial charge in [0.15, 0.2) is 0 Å². The lowest BCUT2D eigenvalue weighted by atomic mass is 9.80. The Morgan fingerprint density at radius 3 is 2.08 bits per heavy atom. The van der Waals surface area contributed by atoms with E-state index in [9.17, 15) is 0 Å². The lowest BCUT2D eigenvalue weighted by molar-refractivity contribution is 0.0920. The molecular formula is C11H25NO. The number of rotatable bonds is 8. The molecule has 0 amide bonds. The van der Waals surface area contributed by atoms with Gasteiger partial charge >= 0.3 is 0 Å². The zero-order chi connectivity index (χ0) is 10.2. The van der Waals surface area contributed by atoms with E-state index in [1.54, 1.807) is 0 Å². The SMILES string of the molecule is CCCOCCC(CC)(CC)CN. The molecule has 0 saturated heterocycles. The van der Waals surface area contributed by atoms with Crippen molar-refractivity contribution < 1.29 is 4.74 Å². The fourth-order valence-electron chi connectivity index (χ4n) is 1.53. The Bertz CT molecular complexity index is 102. The maximum atomic E-state index is 5.79. The van der Waals surface area contributed by atoms with Crippen LogP contribution in [0.5, 0.6) is 0 Å². The first kappa shape index (κ1) is 12.9. The molecule has 80 valence electrons. The van der Waals surface area contributed by atoms with Crippen molar-refractivity contribution in [1.82, 2.24) is 0 Å².